The molecular formula is C13H10FNO3. The van der Waals surface area contributed by atoms with Crippen molar-refractivity contribution in [1.82, 2.24) is 0 Å². The molecule has 1 amide bonds. The maximum absolute atomic E-state index is 12.8. The predicted molar refractivity (Wildman–Crippen MR) is 64.1 cm³/mol. The lowest BCUT2D eigenvalue weighted by atomic mass is 10.1. The van der Waals surface area contributed by atoms with Crippen LogP contribution in [-0.2, 0) is 0 Å². The summed E-state index contributed by atoms with van der Waals surface area (Å²) in [5, 5.41) is 21.2. The van der Waals surface area contributed by atoms with E-state index >= 15 is 0 Å². The van der Waals surface area contributed by atoms with Gasteiger partial charge in [0, 0.05) is 17.8 Å². The largest absolute Gasteiger partial charge is 0.508 e. The van der Waals surface area contributed by atoms with Crippen LogP contribution < -0.4 is 5.32 Å². The molecule has 0 spiro atoms. The van der Waals surface area contributed by atoms with Crippen LogP contribution in [-0.4, -0.2) is 16.1 Å². The number of hydrogen-bond donors (Lipinski definition) is 3. The zero-order valence-electron chi connectivity index (χ0n) is 9.22. The lowest BCUT2D eigenvalue weighted by Crippen LogP contribution is -2.12. The topological polar surface area (TPSA) is 69.6 Å². The molecule has 0 radical (unpaired) electrons. The van der Waals surface area contributed by atoms with E-state index in [1.807, 2.05) is 0 Å². The number of phenolic OH excluding ortho intramolecular Hbond substituents is 2. The van der Waals surface area contributed by atoms with Gasteiger partial charge >= 0.3 is 0 Å². The molecular weight excluding hydrogens is 237 g/mol. The van der Waals surface area contributed by atoms with Crippen molar-refractivity contribution >= 4 is 11.6 Å². The molecule has 3 N–H and O–H groups in total. The maximum Gasteiger partial charge on any atom is 0.259 e. The SMILES string of the molecule is O=C(Nc1cccc(O)c1)c1ccc(F)cc1O. The van der Waals surface area contributed by atoms with Gasteiger partial charge in [-0.15, -0.1) is 0 Å². The fourth-order valence-corrected chi connectivity index (χ4v) is 1.48. The van der Waals surface area contributed by atoms with Gasteiger partial charge in [0.25, 0.3) is 5.91 Å². The van der Waals surface area contributed by atoms with E-state index in [1.165, 1.54) is 18.2 Å². The molecule has 2 aromatic carbocycles. The summed E-state index contributed by atoms with van der Waals surface area (Å²) in [6, 6.07) is 9.09. The van der Waals surface area contributed by atoms with Crippen LogP contribution in [0.1, 0.15) is 10.4 Å². The fourth-order valence-electron chi connectivity index (χ4n) is 1.48. The van der Waals surface area contributed by atoms with Crippen LogP contribution in [0, 0.1) is 5.82 Å². The van der Waals surface area contributed by atoms with Crippen LogP contribution in [0.5, 0.6) is 11.5 Å². The smallest absolute Gasteiger partial charge is 0.259 e. The molecule has 0 atom stereocenters. The molecule has 0 saturated heterocycles. The van der Waals surface area contributed by atoms with Crippen molar-refractivity contribution in [2.45, 2.75) is 0 Å². The number of aromatic hydroxyl groups is 2. The Bertz CT molecular complexity index is 599. The number of phenols is 2. The minimum absolute atomic E-state index is 0.0103. The van der Waals surface area contributed by atoms with Crippen molar-refractivity contribution in [3.63, 3.8) is 0 Å². The Morgan fingerprint density at radius 2 is 1.89 bits per heavy atom. The van der Waals surface area contributed by atoms with Gasteiger partial charge in [-0.05, 0) is 24.3 Å². The molecule has 0 aromatic heterocycles. The van der Waals surface area contributed by atoms with Crippen molar-refractivity contribution in [2.24, 2.45) is 0 Å². The van der Waals surface area contributed by atoms with E-state index < -0.39 is 17.5 Å². The number of amides is 1. The van der Waals surface area contributed by atoms with E-state index in [4.69, 9.17) is 0 Å². The van der Waals surface area contributed by atoms with Gasteiger partial charge in [0.2, 0.25) is 0 Å². The Balaban J connectivity index is 2.22. The van der Waals surface area contributed by atoms with Crippen LogP contribution >= 0.6 is 0 Å². The maximum atomic E-state index is 12.8. The van der Waals surface area contributed by atoms with Gasteiger partial charge in [0.15, 0.2) is 0 Å². The molecule has 2 rings (SSSR count). The fraction of sp³-hybridized carbons (Fsp3) is 0. The Morgan fingerprint density at radius 1 is 1.11 bits per heavy atom. The first-order chi connectivity index (χ1) is 8.56. The first-order valence-corrected chi connectivity index (χ1v) is 5.15. The van der Waals surface area contributed by atoms with Gasteiger partial charge < -0.3 is 15.5 Å². The lowest BCUT2D eigenvalue weighted by Gasteiger charge is -2.07. The third-order valence-corrected chi connectivity index (χ3v) is 2.31. The first-order valence-electron chi connectivity index (χ1n) is 5.15. The summed E-state index contributed by atoms with van der Waals surface area (Å²) >= 11 is 0. The van der Waals surface area contributed by atoms with Crippen molar-refractivity contribution in [1.29, 1.82) is 0 Å². The van der Waals surface area contributed by atoms with Gasteiger partial charge in [0.05, 0.1) is 5.56 Å². The molecule has 4 nitrogen and oxygen atoms in total. The summed E-state index contributed by atoms with van der Waals surface area (Å²) in [5.74, 6) is -1.64. The minimum Gasteiger partial charge on any atom is -0.508 e. The number of halogens is 1. The standard InChI is InChI=1S/C13H10FNO3/c14-8-4-5-11(12(17)6-8)13(18)15-9-2-1-3-10(16)7-9/h1-7,16-17H,(H,15,18). The van der Waals surface area contributed by atoms with Crippen molar-refractivity contribution in [2.75, 3.05) is 5.32 Å². The first kappa shape index (κ1) is 11.9. The third kappa shape index (κ3) is 2.57. The van der Waals surface area contributed by atoms with Crippen LogP contribution in [0.4, 0.5) is 10.1 Å². The predicted octanol–water partition coefficient (Wildman–Crippen LogP) is 2.49. The molecule has 0 aliphatic rings. The molecule has 0 saturated carbocycles. The summed E-state index contributed by atoms with van der Waals surface area (Å²) < 4.78 is 12.8. The number of carbonyl (C=O) groups excluding carboxylic acids is 1. The number of hydrogen-bond acceptors (Lipinski definition) is 3. The molecule has 0 aliphatic heterocycles. The zero-order valence-corrected chi connectivity index (χ0v) is 9.22. The van der Waals surface area contributed by atoms with Crippen molar-refractivity contribution in [3.05, 3.63) is 53.8 Å². The molecule has 92 valence electrons. The van der Waals surface area contributed by atoms with Gasteiger partial charge in [-0.25, -0.2) is 4.39 Å². The second-order valence-corrected chi connectivity index (χ2v) is 3.67. The number of rotatable bonds is 2. The summed E-state index contributed by atoms with van der Waals surface area (Å²) in [6.45, 7) is 0. The van der Waals surface area contributed by atoms with Gasteiger partial charge in [-0.3, -0.25) is 4.79 Å². The highest BCUT2D eigenvalue weighted by Crippen LogP contribution is 2.21. The zero-order chi connectivity index (χ0) is 13.1. The van der Waals surface area contributed by atoms with E-state index in [1.54, 1.807) is 12.1 Å². The average molecular weight is 247 g/mol. The Kier molecular flexibility index (Phi) is 3.14. The normalized spacial score (nSPS) is 10.1. The summed E-state index contributed by atoms with van der Waals surface area (Å²) in [7, 11) is 0. The number of nitrogens with one attached hydrogen (secondary N) is 1. The van der Waals surface area contributed by atoms with E-state index in [2.05, 4.69) is 5.32 Å². The van der Waals surface area contributed by atoms with Crippen LogP contribution in [0.15, 0.2) is 42.5 Å². The van der Waals surface area contributed by atoms with Crippen molar-refractivity contribution < 1.29 is 19.4 Å². The monoisotopic (exact) mass is 247 g/mol. The molecule has 5 heteroatoms. The molecule has 0 heterocycles. The second kappa shape index (κ2) is 4.75. The summed E-state index contributed by atoms with van der Waals surface area (Å²) in [4.78, 5) is 11.8. The van der Waals surface area contributed by atoms with E-state index in [0.717, 1.165) is 12.1 Å². The average Bonchev–Trinajstić information content (AvgIpc) is 2.28. The minimum atomic E-state index is -0.624. The van der Waals surface area contributed by atoms with Gasteiger partial charge in [-0.2, -0.15) is 0 Å². The molecule has 18 heavy (non-hydrogen) atoms. The Labute approximate surface area is 102 Å². The van der Waals surface area contributed by atoms with Crippen LogP contribution in [0.25, 0.3) is 0 Å². The summed E-state index contributed by atoms with van der Waals surface area (Å²) in [6.07, 6.45) is 0. The quantitative estimate of drug-likeness (QED) is 0.763. The van der Waals surface area contributed by atoms with Gasteiger partial charge in [-0.1, -0.05) is 6.07 Å². The van der Waals surface area contributed by atoms with E-state index in [9.17, 15) is 19.4 Å². The van der Waals surface area contributed by atoms with Gasteiger partial charge in [0.1, 0.15) is 17.3 Å². The highest BCUT2D eigenvalue weighted by Gasteiger charge is 2.12. The highest BCUT2D eigenvalue weighted by atomic mass is 19.1. The third-order valence-electron chi connectivity index (χ3n) is 2.31. The molecule has 0 fully saturated rings. The highest BCUT2D eigenvalue weighted by molar-refractivity contribution is 6.06. The van der Waals surface area contributed by atoms with Crippen LogP contribution in [0.3, 0.4) is 0 Å². The Morgan fingerprint density at radius 3 is 2.56 bits per heavy atom. The molecule has 0 bridgehead atoms. The van der Waals surface area contributed by atoms with Crippen molar-refractivity contribution in [3.8, 4) is 11.5 Å². The van der Waals surface area contributed by atoms with E-state index in [-0.39, 0.29) is 11.3 Å². The molecule has 0 aliphatic carbocycles. The molecule has 0 unspecified atom stereocenters. The van der Waals surface area contributed by atoms with E-state index in [0.29, 0.717) is 5.69 Å². The Hall–Kier alpha value is -2.56. The van der Waals surface area contributed by atoms with Crippen LogP contribution in [0.2, 0.25) is 0 Å². The molecule has 2 aromatic rings. The number of benzene rings is 2. The number of anilines is 1. The number of carbonyl (C=O) groups is 1. The lowest BCUT2D eigenvalue weighted by molar-refractivity contribution is 0.102. The summed E-state index contributed by atoms with van der Waals surface area (Å²) in [5.41, 5.74) is 0.337. The second-order valence-electron chi connectivity index (χ2n) is 3.67.